The maximum absolute atomic E-state index is 10.8. The molecular formula is C16H23ClN2O3. The van der Waals surface area contributed by atoms with Crippen LogP contribution < -0.4 is 10.1 Å². The number of halogens is 1. The lowest BCUT2D eigenvalue weighted by Gasteiger charge is -2.42. The minimum absolute atomic E-state index is 0.123. The zero-order valence-electron chi connectivity index (χ0n) is 13.0. The minimum Gasteiger partial charge on any atom is -0.497 e. The zero-order valence-corrected chi connectivity index (χ0v) is 13.8. The number of likely N-dealkylation sites (N-methyl/N-ethyl adjacent to an activating group) is 1. The number of nitrogens with one attached hydrogen (secondary N) is 1. The van der Waals surface area contributed by atoms with Crippen LogP contribution >= 0.6 is 11.6 Å². The Morgan fingerprint density at radius 3 is 2.77 bits per heavy atom. The van der Waals surface area contributed by atoms with Crippen molar-refractivity contribution < 1.29 is 14.6 Å². The summed E-state index contributed by atoms with van der Waals surface area (Å²) in [4.78, 5) is 12.8. The van der Waals surface area contributed by atoms with Gasteiger partial charge in [0.05, 0.1) is 13.7 Å². The molecule has 1 aliphatic carbocycles. The fourth-order valence-electron chi connectivity index (χ4n) is 2.78. The molecule has 2 rings (SSSR count). The van der Waals surface area contributed by atoms with Gasteiger partial charge in [-0.05, 0) is 37.1 Å². The van der Waals surface area contributed by atoms with Crippen LogP contribution in [0.1, 0.15) is 25.3 Å². The van der Waals surface area contributed by atoms with Crippen molar-refractivity contribution in [2.75, 3.05) is 20.2 Å². The molecule has 5 nitrogen and oxygen atoms in total. The molecule has 0 heterocycles. The quantitative estimate of drug-likeness (QED) is 0.768. The highest BCUT2D eigenvalue weighted by molar-refractivity contribution is 6.31. The second kappa shape index (κ2) is 7.81. The first kappa shape index (κ1) is 17.1. The molecule has 22 heavy (non-hydrogen) atoms. The van der Waals surface area contributed by atoms with Crippen molar-refractivity contribution in [1.29, 1.82) is 0 Å². The summed E-state index contributed by atoms with van der Waals surface area (Å²) in [5, 5.41) is 13.1. The SMILES string of the molecule is CCN(CC(=O)O)C1CC(NCc2ccc(OC)cc2Cl)C1. The van der Waals surface area contributed by atoms with Gasteiger partial charge in [0, 0.05) is 23.7 Å². The van der Waals surface area contributed by atoms with Crippen LogP contribution in [0, 0.1) is 0 Å². The highest BCUT2D eigenvalue weighted by Gasteiger charge is 2.33. The first-order valence-corrected chi connectivity index (χ1v) is 7.93. The Morgan fingerprint density at radius 2 is 2.23 bits per heavy atom. The van der Waals surface area contributed by atoms with Crippen molar-refractivity contribution in [2.24, 2.45) is 0 Å². The molecule has 122 valence electrons. The number of carboxylic acids is 1. The van der Waals surface area contributed by atoms with Crippen LogP contribution in [0.2, 0.25) is 5.02 Å². The number of hydrogen-bond acceptors (Lipinski definition) is 4. The standard InChI is InChI=1S/C16H23ClN2O3/c1-3-19(10-16(20)21)13-6-12(7-13)18-9-11-4-5-14(22-2)8-15(11)17/h4-5,8,12-13,18H,3,6-7,9-10H2,1-2H3,(H,20,21). The molecule has 1 fully saturated rings. The van der Waals surface area contributed by atoms with Crippen LogP contribution in [0.15, 0.2) is 18.2 Å². The van der Waals surface area contributed by atoms with Crippen LogP contribution in [0.3, 0.4) is 0 Å². The largest absolute Gasteiger partial charge is 0.497 e. The highest BCUT2D eigenvalue weighted by atomic mass is 35.5. The average Bonchev–Trinajstić information content (AvgIpc) is 2.45. The van der Waals surface area contributed by atoms with Gasteiger partial charge in [0.25, 0.3) is 0 Å². The number of nitrogens with zero attached hydrogens (tertiary/aromatic N) is 1. The van der Waals surface area contributed by atoms with E-state index in [0.29, 0.717) is 23.7 Å². The topological polar surface area (TPSA) is 61.8 Å². The summed E-state index contributed by atoms with van der Waals surface area (Å²) >= 11 is 6.22. The van der Waals surface area contributed by atoms with E-state index >= 15 is 0 Å². The highest BCUT2D eigenvalue weighted by Crippen LogP contribution is 2.27. The van der Waals surface area contributed by atoms with E-state index in [0.717, 1.165) is 30.7 Å². The molecule has 1 aliphatic rings. The number of rotatable bonds is 8. The van der Waals surface area contributed by atoms with Crippen molar-refractivity contribution in [3.63, 3.8) is 0 Å². The van der Waals surface area contributed by atoms with Crippen LogP contribution in [-0.4, -0.2) is 48.3 Å². The van der Waals surface area contributed by atoms with Gasteiger partial charge in [-0.1, -0.05) is 24.6 Å². The van der Waals surface area contributed by atoms with Crippen LogP contribution in [0.25, 0.3) is 0 Å². The number of benzene rings is 1. The summed E-state index contributed by atoms with van der Waals surface area (Å²) in [5.74, 6) is -0.00649. The summed E-state index contributed by atoms with van der Waals surface area (Å²) in [7, 11) is 1.62. The molecular weight excluding hydrogens is 304 g/mol. The van der Waals surface area contributed by atoms with Crippen molar-refractivity contribution >= 4 is 17.6 Å². The molecule has 0 amide bonds. The Hall–Kier alpha value is -1.30. The molecule has 1 aromatic rings. The molecule has 0 radical (unpaired) electrons. The number of carboxylic acid groups (broad SMARTS) is 1. The van der Waals surface area contributed by atoms with Gasteiger partial charge in [0.2, 0.25) is 0 Å². The van der Waals surface area contributed by atoms with Crippen molar-refractivity contribution in [3.05, 3.63) is 28.8 Å². The van der Waals surface area contributed by atoms with E-state index in [1.54, 1.807) is 7.11 Å². The van der Waals surface area contributed by atoms with Crippen molar-refractivity contribution in [3.8, 4) is 5.75 Å². The van der Waals surface area contributed by atoms with E-state index in [1.807, 2.05) is 30.0 Å². The van der Waals surface area contributed by atoms with E-state index in [4.69, 9.17) is 21.4 Å². The molecule has 0 saturated heterocycles. The first-order chi connectivity index (χ1) is 10.5. The van der Waals surface area contributed by atoms with Crippen molar-refractivity contribution in [2.45, 2.75) is 38.4 Å². The number of methoxy groups -OCH3 is 1. The van der Waals surface area contributed by atoms with Gasteiger partial charge in [-0.15, -0.1) is 0 Å². The van der Waals surface area contributed by atoms with Gasteiger partial charge in [-0.3, -0.25) is 9.69 Å². The third-order valence-corrected chi connectivity index (χ3v) is 4.57. The second-order valence-electron chi connectivity index (χ2n) is 5.62. The Labute approximate surface area is 136 Å². The van der Waals surface area contributed by atoms with Gasteiger partial charge in [0.15, 0.2) is 0 Å². The molecule has 0 aliphatic heterocycles. The Morgan fingerprint density at radius 1 is 1.50 bits per heavy atom. The van der Waals surface area contributed by atoms with E-state index in [2.05, 4.69) is 5.32 Å². The molecule has 0 aromatic heterocycles. The molecule has 0 unspecified atom stereocenters. The van der Waals surface area contributed by atoms with Crippen LogP contribution in [0.5, 0.6) is 5.75 Å². The van der Waals surface area contributed by atoms with E-state index in [-0.39, 0.29) is 6.54 Å². The third kappa shape index (κ3) is 4.35. The summed E-state index contributed by atoms with van der Waals surface area (Å²) < 4.78 is 5.13. The van der Waals surface area contributed by atoms with Crippen LogP contribution in [-0.2, 0) is 11.3 Å². The van der Waals surface area contributed by atoms with Crippen LogP contribution in [0.4, 0.5) is 0 Å². The monoisotopic (exact) mass is 326 g/mol. The van der Waals surface area contributed by atoms with E-state index < -0.39 is 5.97 Å². The maximum atomic E-state index is 10.8. The fraction of sp³-hybridized carbons (Fsp3) is 0.562. The van der Waals surface area contributed by atoms with Gasteiger partial charge >= 0.3 is 5.97 Å². The zero-order chi connectivity index (χ0) is 16.1. The van der Waals surface area contributed by atoms with Gasteiger partial charge in [-0.25, -0.2) is 0 Å². The molecule has 0 spiro atoms. The third-order valence-electron chi connectivity index (χ3n) is 4.22. The molecule has 2 N–H and O–H groups in total. The lowest BCUT2D eigenvalue weighted by Crippen LogP contribution is -2.53. The molecule has 1 saturated carbocycles. The Bertz CT molecular complexity index is 518. The molecule has 6 heteroatoms. The molecule has 0 atom stereocenters. The molecule has 0 bridgehead atoms. The summed E-state index contributed by atoms with van der Waals surface area (Å²) in [6.07, 6.45) is 1.96. The Kier molecular flexibility index (Phi) is 6.06. The summed E-state index contributed by atoms with van der Waals surface area (Å²) in [6.45, 7) is 3.61. The van der Waals surface area contributed by atoms with Gasteiger partial charge < -0.3 is 15.2 Å². The van der Waals surface area contributed by atoms with Gasteiger partial charge in [0.1, 0.15) is 5.75 Å². The number of aliphatic carboxylic acids is 1. The summed E-state index contributed by atoms with van der Waals surface area (Å²) in [6, 6.07) is 6.47. The average molecular weight is 327 g/mol. The smallest absolute Gasteiger partial charge is 0.317 e. The minimum atomic E-state index is -0.761. The second-order valence-corrected chi connectivity index (χ2v) is 6.02. The molecule has 1 aromatic carbocycles. The Balaban J connectivity index is 1.77. The predicted octanol–water partition coefficient (Wildman–Crippen LogP) is 2.38. The van der Waals surface area contributed by atoms with E-state index in [9.17, 15) is 4.79 Å². The summed E-state index contributed by atoms with van der Waals surface area (Å²) in [5.41, 5.74) is 1.05. The van der Waals surface area contributed by atoms with E-state index in [1.165, 1.54) is 0 Å². The number of ether oxygens (including phenoxy) is 1. The number of hydrogen-bond donors (Lipinski definition) is 2. The first-order valence-electron chi connectivity index (χ1n) is 7.55. The predicted molar refractivity (Wildman–Crippen MR) is 86.5 cm³/mol. The fourth-order valence-corrected chi connectivity index (χ4v) is 3.02. The lowest BCUT2D eigenvalue weighted by atomic mass is 9.85. The lowest BCUT2D eigenvalue weighted by molar-refractivity contribution is -0.139. The number of carbonyl (C=O) groups is 1. The van der Waals surface area contributed by atoms with Gasteiger partial charge in [-0.2, -0.15) is 0 Å². The normalized spacial score (nSPS) is 20.7. The van der Waals surface area contributed by atoms with Crippen molar-refractivity contribution in [1.82, 2.24) is 10.2 Å². The maximum Gasteiger partial charge on any atom is 0.317 e.